The van der Waals surface area contributed by atoms with Crippen LogP contribution in [0.4, 0.5) is 10.7 Å². The van der Waals surface area contributed by atoms with Crippen LogP contribution in [-0.2, 0) is 11.3 Å². The molecule has 2 heterocycles. The molecule has 1 aliphatic carbocycles. The standard InChI is InChI=1S/C23H31N5O2/c1-16(2)20(21(29)24-13-12-17-8-4-3-5-9-17)26-23(30)28-15-14-27-19-11-7-6-10-18(19)25-22(27)28/h6-8,10-11,16,20H,3-5,9,12-15H2,1-2H3,(H,24,29)(H,26,30). The first-order valence-corrected chi connectivity index (χ1v) is 11.0. The molecule has 0 bridgehead atoms. The number of nitrogens with one attached hydrogen (secondary N) is 2. The summed E-state index contributed by atoms with van der Waals surface area (Å²) in [7, 11) is 0. The van der Waals surface area contributed by atoms with E-state index in [-0.39, 0.29) is 17.9 Å². The number of hydrogen-bond donors (Lipinski definition) is 2. The van der Waals surface area contributed by atoms with Crippen LogP contribution in [0.15, 0.2) is 35.9 Å². The van der Waals surface area contributed by atoms with Crippen LogP contribution in [-0.4, -0.2) is 40.6 Å². The highest BCUT2D eigenvalue weighted by molar-refractivity contribution is 5.96. The molecule has 1 aliphatic heterocycles. The first-order valence-electron chi connectivity index (χ1n) is 11.0. The highest BCUT2D eigenvalue weighted by Gasteiger charge is 2.32. The smallest absolute Gasteiger partial charge is 0.324 e. The lowest BCUT2D eigenvalue weighted by Gasteiger charge is -2.24. The molecule has 2 N–H and O–H groups in total. The van der Waals surface area contributed by atoms with Crippen LogP contribution in [0.1, 0.15) is 46.0 Å². The summed E-state index contributed by atoms with van der Waals surface area (Å²) in [5, 5.41) is 5.95. The van der Waals surface area contributed by atoms with Gasteiger partial charge in [-0.05, 0) is 50.2 Å². The van der Waals surface area contributed by atoms with E-state index in [2.05, 4.69) is 26.3 Å². The molecule has 3 amide bonds. The van der Waals surface area contributed by atoms with Gasteiger partial charge in [-0.1, -0.05) is 37.6 Å². The molecule has 2 aliphatic rings. The second-order valence-corrected chi connectivity index (χ2v) is 8.52. The number of rotatable bonds is 6. The number of allylic oxidation sites excluding steroid dienone is 1. The highest BCUT2D eigenvalue weighted by atomic mass is 16.2. The van der Waals surface area contributed by atoms with Crippen LogP contribution in [0, 0.1) is 5.92 Å². The average Bonchev–Trinajstić information content (AvgIpc) is 3.31. The van der Waals surface area contributed by atoms with Gasteiger partial charge in [-0.3, -0.25) is 9.69 Å². The van der Waals surface area contributed by atoms with Gasteiger partial charge in [-0.2, -0.15) is 0 Å². The maximum Gasteiger partial charge on any atom is 0.324 e. The zero-order valence-electron chi connectivity index (χ0n) is 17.9. The number of aromatic nitrogens is 2. The minimum absolute atomic E-state index is 0.00994. The van der Waals surface area contributed by atoms with Crippen LogP contribution >= 0.6 is 0 Å². The minimum Gasteiger partial charge on any atom is -0.354 e. The van der Waals surface area contributed by atoms with E-state index in [4.69, 9.17) is 0 Å². The van der Waals surface area contributed by atoms with E-state index in [1.807, 2.05) is 38.1 Å². The fourth-order valence-corrected chi connectivity index (χ4v) is 4.32. The maximum atomic E-state index is 13.0. The summed E-state index contributed by atoms with van der Waals surface area (Å²) < 4.78 is 2.05. The number of hydrogen-bond acceptors (Lipinski definition) is 3. The van der Waals surface area contributed by atoms with Crippen molar-refractivity contribution in [2.45, 2.75) is 58.5 Å². The summed E-state index contributed by atoms with van der Waals surface area (Å²) >= 11 is 0. The summed E-state index contributed by atoms with van der Waals surface area (Å²) in [5.41, 5.74) is 3.33. The molecule has 30 heavy (non-hydrogen) atoms. The lowest BCUT2D eigenvalue weighted by molar-refractivity contribution is -0.123. The second-order valence-electron chi connectivity index (χ2n) is 8.52. The van der Waals surface area contributed by atoms with E-state index >= 15 is 0 Å². The van der Waals surface area contributed by atoms with Crippen molar-refractivity contribution < 1.29 is 9.59 Å². The molecule has 1 aromatic carbocycles. The highest BCUT2D eigenvalue weighted by Crippen LogP contribution is 2.27. The second kappa shape index (κ2) is 8.90. The summed E-state index contributed by atoms with van der Waals surface area (Å²) in [5.74, 6) is 0.507. The quantitative estimate of drug-likeness (QED) is 0.716. The monoisotopic (exact) mass is 409 g/mol. The van der Waals surface area contributed by atoms with E-state index in [1.165, 1.54) is 18.4 Å². The molecule has 1 unspecified atom stereocenters. The number of nitrogens with zero attached hydrogens (tertiary/aromatic N) is 3. The molecular weight excluding hydrogens is 378 g/mol. The Morgan fingerprint density at radius 3 is 2.77 bits per heavy atom. The lowest BCUT2D eigenvalue weighted by atomic mass is 9.97. The van der Waals surface area contributed by atoms with E-state index in [9.17, 15) is 9.59 Å². The number of carbonyl (C=O) groups is 2. The van der Waals surface area contributed by atoms with Gasteiger partial charge in [-0.25, -0.2) is 9.78 Å². The largest absolute Gasteiger partial charge is 0.354 e. The molecule has 0 fully saturated rings. The molecule has 160 valence electrons. The Morgan fingerprint density at radius 1 is 1.17 bits per heavy atom. The molecule has 0 saturated carbocycles. The van der Waals surface area contributed by atoms with Gasteiger partial charge >= 0.3 is 6.03 Å². The SMILES string of the molecule is CC(C)C(NC(=O)N1CCn2c1nc1ccccc12)C(=O)NCCC1=CCCCC1. The number of fused-ring (bicyclic) bond motifs is 3. The first-order chi connectivity index (χ1) is 14.5. The van der Waals surface area contributed by atoms with E-state index in [0.717, 1.165) is 30.3 Å². The van der Waals surface area contributed by atoms with Crippen LogP contribution in [0.25, 0.3) is 11.0 Å². The van der Waals surface area contributed by atoms with Gasteiger partial charge in [0.25, 0.3) is 0 Å². The van der Waals surface area contributed by atoms with Crippen molar-refractivity contribution >= 4 is 28.9 Å². The molecular formula is C23H31N5O2. The molecule has 4 rings (SSSR count). The van der Waals surface area contributed by atoms with Gasteiger partial charge in [-0.15, -0.1) is 0 Å². The Kier molecular flexibility index (Phi) is 6.06. The third-order valence-corrected chi connectivity index (χ3v) is 6.03. The summed E-state index contributed by atoms with van der Waals surface area (Å²) in [4.78, 5) is 32.0. The zero-order chi connectivity index (χ0) is 21.1. The molecule has 1 aromatic heterocycles. The van der Waals surface area contributed by atoms with Crippen LogP contribution in [0.3, 0.4) is 0 Å². The van der Waals surface area contributed by atoms with Crippen molar-refractivity contribution in [3.05, 3.63) is 35.9 Å². The van der Waals surface area contributed by atoms with E-state index in [1.54, 1.807) is 4.90 Å². The van der Waals surface area contributed by atoms with Crippen LogP contribution < -0.4 is 15.5 Å². The van der Waals surface area contributed by atoms with E-state index in [0.29, 0.717) is 25.6 Å². The maximum absolute atomic E-state index is 13.0. The average molecular weight is 410 g/mol. The van der Waals surface area contributed by atoms with Crippen molar-refractivity contribution in [2.75, 3.05) is 18.0 Å². The zero-order valence-corrected chi connectivity index (χ0v) is 17.9. The van der Waals surface area contributed by atoms with Gasteiger partial charge < -0.3 is 15.2 Å². The summed E-state index contributed by atoms with van der Waals surface area (Å²) in [6.45, 7) is 5.78. The van der Waals surface area contributed by atoms with Gasteiger partial charge in [0, 0.05) is 19.6 Å². The molecule has 0 saturated heterocycles. The lowest BCUT2D eigenvalue weighted by Crippen LogP contribution is -2.53. The molecule has 7 heteroatoms. The normalized spacial score (nSPS) is 17.0. The number of para-hydroxylation sites is 2. The number of amides is 3. The Labute approximate surface area is 177 Å². The fourth-order valence-electron chi connectivity index (χ4n) is 4.32. The Morgan fingerprint density at radius 2 is 2.00 bits per heavy atom. The molecule has 1 atom stereocenters. The van der Waals surface area contributed by atoms with Crippen molar-refractivity contribution in [3.63, 3.8) is 0 Å². The molecule has 0 radical (unpaired) electrons. The van der Waals surface area contributed by atoms with E-state index < -0.39 is 6.04 Å². The number of benzene rings is 1. The van der Waals surface area contributed by atoms with Crippen molar-refractivity contribution in [1.82, 2.24) is 20.2 Å². The topological polar surface area (TPSA) is 79.3 Å². The predicted octanol–water partition coefficient (Wildman–Crippen LogP) is 3.60. The van der Waals surface area contributed by atoms with Gasteiger partial charge in [0.1, 0.15) is 6.04 Å². The Hall–Kier alpha value is -2.83. The molecule has 2 aromatic rings. The number of anilines is 1. The van der Waals surface area contributed by atoms with Crippen molar-refractivity contribution in [1.29, 1.82) is 0 Å². The summed E-state index contributed by atoms with van der Waals surface area (Å²) in [6, 6.07) is 7.03. The van der Waals surface area contributed by atoms with Gasteiger partial charge in [0.2, 0.25) is 11.9 Å². The first kappa shape index (κ1) is 20.4. The molecule has 0 spiro atoms. The van der Waals surface area contributed by atoms with Crippen molar-refractivity contribution in [2.24, 2.45) is 5.92 Å². The summed E-state index contributed by atoms with van der Waals surface area (Å²) in [6.07, 6.45) is 7.98. The van der Waals surface area contributed by atoms with Crippen LogP contribution in [0.2, 0.25) is 0 Å². The third kappa shape index (κ3) is 4.20. The third-order valence-electron chi connectivity index (χ3n) is 6.03. The number of imidazole rings is 1. The number of urea groups is 1. The predicted molar refractivity (Wildman–Crippen MR) is 118 cm³/mol. The van der Waals surface area contributed by atoms with Gasteiger partial charge in [0.05, 0.1) is 11.0 Å². The van der Waals surface area contributed by atoms with Crippen LogP contribution in [0.5, 0.6) is 0 Å². The van der Waals surface area contributed by atoms with Crippen molar-refractivity contribution in [3.8, 4) is 0 Å². The molecule has 7 nitrogen and oxygen atoms in total. The Balaban J connectivity index is 1.38. The van der Waals surface area contributed by atoms with Gasteiger partial charge in [0.15, 0.2) is 0 Å². The Bertz CT molecular complexity index is 962. The minimum atomic E-state index is -0.573. The fraction of sp³-hybridized carbons (Fsp3) is 0.522. The number of carbonyl (C=O) groups excluding carboxylic acids is 2.